The number of nitrogens with zero attached hydrogens (tertiary/aromatic N) is 3. The summed E-state index contributed by atoms with van der Waals surface area (Å²) in [5.74, 6) is -0.898. The molecule has 0 radical (unpaired) electrons. The van der Waals surface area contributed by atoms with Crippen molar-refractivity contribution in [3.63, 3.8) is 0 Å². The van der Waals surface area contributed by atoms with Gasteiger partial charge in [-0.2, -0.15) is 0 Å². The van der Waals surface area contributed by atoms with Gasteiger partial charge < -0.3 is 5.32 Å². The molecule has 1 amide bonds. The summed E-state index contributed by atoms with van der Waals surface area (Å²) in [7, 11) is 0. The van der Waals surface area contributed by atoms with Crippen molar-refractivity contribution in [1.29, 1.82) is 0 Å². The Morgan fingerprint density at radius 3 is 2.10 bits per heavy atom. The third kappa shape index (κ3) is 5.80. The van der Waals surface area contributed by atoms with Gasteiger partial charge in [0.1, 0.15) is 23.0 Å². The molecule has 1 aromatic heterocycles. The zero-order valence-corrected chi connectivity index (χ0v) is 17.1. The summed E-state index contributed by atoms with van der Waals surface area (Å²) in [6, 6.07) is 11.8. The lowest BCUT2D eigenvalue weighted by atomic mass is 10.0. The summed E-state index contributed by atoms with van der Waals surface area (Å²) in [5, 5.41) is 11.4. The van der Waals surface area contributed by atoms with Crippen LogP contribution in [0, 0.1) is 11.6 Å². The fraction of sp³-hybridized carbons (Fsp3) is 0.238. The van der Waals surface area contributed by atoms with E-state index in [1.54, 1.807) is 24.3 Å². The fourth-order valence-corrected chi connectivity index (χ4v) is 3.21. The first-order valence-electron chi connectivity index (χ1n) is 8.92. The average Bonchev–Trinajstić information content (AvgIpc) is 2.65. The molecule has 0 fully saturated rings. The summed E-state index contributed by atoms with van der Waals surface area (Å²) >= 11 is 1.12. The van der Waals surface area contributed by atoms with Crippen molar-refractivity contribution >= 4 is 17.7 Å². The van der Waals surface area contributed by atoms with Gasteiger partial charge in [-0.05, 0) is 45.0 Å². The standard InChI is InChI=1S/C21H20F2N4OS/c1-21(2,3)25-17(28)12-29-20-24-18(13-6-4-8-15(22)10-13)19(26-27-20)14-7-5-9-16(23)11-14/h4-11H,12H2,1-3H3,(H,25,28). The Kier molecular flexibility index (Phi) is 6.22. The monoisotopic (exact) mass is 414 g/mol. The summed E-state index contributed by atoms with van der Waals surface area (Å²) in [4.78, 5) is 16.5. The van der Waals surface area contributed by atoms with E-state index in [1.807, 2.05) is 20.8 Å². The molecule has 0 aliphatic rings. The number of hydrogen-bond donors (Lipinski definition) is 1. The van der Waals surface area contributed by atoms with Gasteiger partial charge in [0.25, 0.3) is 0 Å². The Labute approximate surface area is 172 Å². The minimum absolute atomic E-state index is 0.112. The van der Waals surface area contributed by atoms with E-state index in [0.717, 1.165) is 11.8 Å². The maximum absolute atomic E-state index is 13.8. The van der Waals surface area contributed by atoms with E-state index in [-0.39, 0.29) is 22.4 Å². The van der Waals surface area contributed by atoms with Gasteiger partial charge in [-0.25, -0.2) is 13.8 Å². The lowest BCUT2D eigenvalue weighted by molar-refractivity contribution is -0.119. The van der Waals surface area contributed by atoms with E-state index in [1.165, 1.54) is 24.3 Å². The predicted molar refractivity (Wildman–Crippen MR) is 109 cm³/mol. The second-order valence-electron chi connectivity index (χ2n) is 7.40. The number of thioether (sulfide) groups is 1. The third-order valence-electron chi connectivity index (χ3n) is 3.71. The second-order valence-corrected chi connectivity index (χ2v) is 8.34. The van der Waals surface area contributed by atoms with Gasteiger partial charge in [0, 0.05) is 16.7 Å². The average molecular weight is 414 g/mol. The van der Waals surface area contributed by atoms with Crippen molar-refractivity contribution < 1.29 is 13.6 Å². The molecule has 0 aliphatic heterocycles. The zero-order chi connectivity index (χ0) is 21.0. The van der Waals surface area contributed by atoms with Crippen molar-refractivity contribution in [2.24, 2.45) is 0 Å². The number of aromatic nitrogens is 3. The minimum atomic E-state index is -0.426. The molecule has 0 bridgehead atoms. The molecular weight excluding hydrogens is 394 g/mol. The highest BCUT2D eigenvalue weighted by Crippen LogP contribution is 2.30. The topological polar surface area (TPSA) is 67.8 Å². The van der Waals surface area contributed by atoms with Gasteiger partial charge in [-0.1, -0.05) is 36.0 Å². The summed E-state index contributed by atoms with van der Waals surface area (Å²) < 4.78 is 27.5. The molecular formula is C21H20F2N4OS. The molecule has 0 spiro atoms. The molecule has 0 saturated heterocycles. The van der Waals surface area contributed by atoms with Crippen LogP contribution in [0.1, 0.15) is 20.8 Å². The quantitative estimate of drug-likeness (QED) is 0.623. The Hall–Kier alpha value is -2.87. The van der Waals surface area contributed by atoms with Gasteiger partial charge in [0.05, 0.1) is 5.75 Å². The third-order valence-corrected chi connectivity index (χ3v) is 4.55. The molecule has 150 valence electrons. The van der Waals surface area contributed by atoms with Crippen LogP contribution in [0.15, 0.2) is 53.7 Å². The molecule has 3 rings (SSSR count). The predicted octanol–water partition coefficient (Wildman–Crippen LogP) is 4.49. The van der Waals surface area contributed by atoms with Crippen molar-refractivity contribution in [2.45, 2.75) is 31.5 Å². The Morgan fingerprint density at radius 1 is 0.966 bits per heavy atom. The second kappa shape index (κ2) is 8.65. The van der Waals surface area contributed by atoms with E-state index in [4.69, 9.17) is 0 Å². The van der Waals surface area contributed by atoms with Crippen LogP contribution >= 0.6 is 11.8 Å². The highest BCUT2D eigenvalue weighted by atomic mass is 32.2. The molecule has 8 heteroatoms. The number of halogens is 2. The highest BCUT2D eigenvalue weighted by Gasteiger charge is 2.17. The van der Waals surface area contributed by atoms with Crippen LogP contribution in [0.5, 0.6) is 0 Å². The van der Waals surface area contributed by atoms with Crippen LogP contribution in [-0.4, -0.2) is 32.4 Å². The van der Waals surface area contributed by atoms with E-state index < -0.39 is 11.6 Å². The number of carbonyl (C=O) groups is 1. The lowest BCUT2D eigenvalue weighted by Gasteiger charge is -2.20. The Bertz CT molecular complexity index is 1040. The maximum Gasteiger partial charge on any atom is 0.230 e. The number of carbonyl (C=O) groups excluding carboxylic acids is 1. The van der Waals surface area contributed by atoms with Crippen molar-refractivity contribution in [3.05, 3.63) is 60.2 Å². The molecule has 2 aromatic carbocycles. The molecule has 0 unspecified atom stereocenters. The van der Waals surface area contributed by atoms with Gasteiger partial charge >= 0.3 is 0 Å². The molecule has 0 aliphatic carbocycles. The van der Waals surface area contributed by atoms with Crippen LogP contribution in [0.4, 0.5) is 8.78 Å². The van der Waals surface area contributed by atoms with Crippen molar-refractivity contribution in [3.8, 4) is 22.5 Å². The van der Waals surface area contributed by atoms with E-state index in [2.05, 4.69) is 20.5 Å². The van der Waals surface area contributed by atoms with Gasteiger partial charge in [-0.3, -0.25) is 4.79 Å². The zero-order valence-electron chi connectivity index (χ0n) is 16.2. The molecule has 1 N–H and O–H groups in total. The highest BCUT2D eigenvalue weighted by molar-refractivity contribution is 7.99. The number of benzene rings is 2. The van der Waals surface area contributed by atoms with Gasteiger partial charge in [-0.15, -0.1) is 10.2 Å². The fourth-order valence-electron chi connectivity index (χ4n) is 2.62. The smallest absolute Gasteiger partial charge is 0.230 e. The number of nitrogens with one attached hydrogen (secondary N) is 1. The van der Waals surface area contributed by atoms with Crippen molar-refractivity contribution in [1.82, 2.24) is 20.5 Å². The van der Waals surface area contributed by atoms with E-state index in [0.29, 0.717) is 22.5 Å². The van der Waals surface area contributed by atoms with Crippen LogP contribution in [0.2, 0.25) is 0 Å². The molecule has 3 aromatic rings. The van der Waals surface area contributed by atoms with Crippen LogP contribution in [0.3, 0.4) is 0 Å². The minimum Gasteiger partial charge on any atom is -0.351 e. The first-order chi connectivity index (χ1) is 13.7. The van der Waals surface area contributed by atoms with Gasteiger partial charge in [0.2, 0.25) is 11.1 Å². The van der Waals surface area contributed by atoms with Crippen LogP contribution in [0.25, 0.3) is 22.5 Å². The molecule has 0 saturated carbocycles. The van der Waals surface area contributed by atoms with Crippen LogP contribution in [-0.2, 0) is 4.79 Å². The Balaban J connectivity index is 1.95. The summed E-state index contributed by atoms with van der Waals surface area (Å²) in [6.45, 7) is 5.68. The van der Waals surface area contributed by atoms with Crippen molar-refractivity contribution in [2.75, 3.05) is 5.75 Å². The molecule has 29 heavy (non-hydrogen) atoms. The SMILES string of the molecule is CC(C)(C)NC(=O)CSc1nnc(-c2cccc(F)c2)c(-c2cccc(F)c2)n1. The number of rotatable bonds is 5. The lowest BCUT2D eigenvalue weighted by Crippen LogP contribution is -2.41. The largest absolute Gasteiger partial charge is 0.351 e. The summed E-state index contributed by atoms with van der Waals surface area (Å²) in [6.07, 6.45) is 0. The summed E-state index contributed by atoms with van der Waals surface area (Å²) in [5.41, 5.74) is 1.32. The Morgan fingerprint density at radius 2 is 1.55 bits per heavy atom. The molecule has 0 atom stereocenters. The first-order valence-corrected chi connectivity index (χ1v) is 9.90. The van der Waals surface area contributed by atoms with E-state index >= 15 is 0 Å². The maximum atomic E-state index is 13.8. The molecule has 1 heterocycles. The number of amides is 1. The molecule has 5 nitrogen and oxygen atoms in total. The normalized spacial score (nSPS) is 11.3. The number of hydrogen-bond acceptors (Lipinski definition) is 5. The first kappa shape index (κ1) is 20.9. The van der Waals surface area contributed by atoms with Crippen LogP contribution < -0.4 is 5.32 Å². The van der Waals surface area contributed by atoms with E-state index in [9.17, 15) is 13.6 Å². The van der Waals surface area contributed by atoms with Gasteiger partial charge in [0.15, 0.2) is 0 Å².